The molecular weight excluding hydrogens is 194 g/mol. The van der Waals surface area contributed by atoms with E-state index in [1.165, 1.54) is 7.11 Å². The van der Waals surface area contributed by atoms with Crippen molar-refractivity contribution in [3.8, 4) is 0 Å². The van der Waals surface area contributed by atoms with Gasteiger partial charge in [-0.05, 0) is 12.5 Å². The van der Waals surface area contributed by atoms with E-state index in [1.807, 2.05) is 31.2 Å². The zero-order valence-corrected chi connectivity index (χ0v) is 8.86. The topological polar surface area (TPSA) is 58.6 Å². The number of hydroxylamine groups is 1. The molecule has 0 aromatic heterocycles. The van der Waals surface area contributed by atoms with Crippen molar-refractivity contribution in [3.63, 3.8) is 0 Å². The summed E-state index contributed by atoms with van der Waals surface area (Å²) in [4.78, 5) is 15.4. The lowest BCUT2D eigenvalue weighted by Gasteiger charge is -2.15. The summed E-state index contributed by atoms with van der Waals surface area (Å²) in [5, 5.41) is 8.73. The Morgan fingerprint density at radius 1 is 1.47 bits per heavy atom. The molecule has 0 saturated heterocycles. The lowest BCUT2D eigenvalue weighted by Crippen LogP contribution is -2.22. The van der Waals surface area contributed by atoms with E-state index in [0.717, 1.165) is 11.1 Å². The number of rotatable bonds is 5. The van der Waals surface area contributed by atoms with E-state index in [4.69, 9.17) is 9.94 Å². The van der Waals surface area contributed by atoms with E-state index in [2.05, 4.69) is 5.48 Å². The molecule has 0 heterocycles. The monoisotopic (exact) mass is 209 g/mol. The summed E-state index contributed by atoms with van der Waals surface area (Å²) in [6, 6.07) is 7.38. The van der Waals surface area contributed by atoms with Gasteiger partial charge in [-0.25, -0.2) is 0 Å². The average molecular weight is 209 g/mol. The van der Waals surface area contributed by atoms with E-state index in [-0.39, 0.29) is 12.5 Å². The Hall–Kier alpha value is -1.39. The van der Waals surface area contributed by atoms with Crippen molar-refractivity contribution in [1.29, 1.82) is 0 Å². The van der Waals surface area contributed by atoms with Crippen LogP contribution < -0.4 is 5.48 Å². The number of hydrogen-bond acceptors (Lipinski definition) is 3. The Kier molecular flexibility index (Phi) is 4.27. The van der Waals surface area contributed by atoms with Gasteiger partial charge in [-0.2, -0.15) is 5.48 Å². The van der Waals surface area contributed by atoms with Gasteiger partial charge in [0.15, 0.2) is 0 Å². The summed E-state index contributed by atoms with van der Waals surface area (Å²) in [6.45, 7) is 1.99. The molecule has 2 N–H and O–H groups in total. The number of carbonyl (C=O) groups is 1. The van der Waals surface area contributed by atoms with Gasteiger partial charge in [0, 0.05) is 0 Å². The minimum atomic E-state index is -0.856. The second kappa shape index (κ2) is 5.48. The third-order valence-corrected chi connectivity index (χ3v) is 2.12. The van der Waals surface area contributed by atoms with Crippen LogP contribution in [0.3, 0.4) is 0 Å². The molecule has 1 atom stereocenters. The van der Waals surface area contributed by atoms with E-state index >= 15 is 0 Å². The molecule has 0 aliphatic rings. The Bertz CT molecular complexity index is 321. The van der Waals surface area contributed by atoms with Crippen LogP contribution in [0.5, 0.6) is 0 Å². The number of benzene rings is 1. The number of aryl methyl sites for hydroxylation is 1. The number of hydrogen-bond donors (Lipinski definition) is 2. The summed E-state index contributed by atoms with van der Waals surface area (Å²) in [5.74, 6) is -0.856. The van der Waals surface area contributed by atoms with Gasteiger partial charge >= 0.3 is 5.97 Å². The van der Waals surface area contributed by atoms with Crippen LogP contribution >= 0.6 is 0 Å². The SMILES string of the molecule is CONC(CC(=O)O)c1ccc(C)cc1. The maximum atomic E-state index is 10.6. The van der Waals surface area contributed by atoms with Gasteiger partial charge in [-0.15, -0.1) is 0 Å². The normalized spacial score (nSPS) is 12.4. The highest BCUT2D eigenvalue weighted by Gasteiger charge is 2.14. The quantitative estimate of drug-likeness (QED) is 0.724. The third-order valence-electron chi connectivity index (χ3n) is 2.12. The molecule has 0 aliphatic carbocycles. The first-order valence-electron chi connectivity index (χ1n) is 4.70. The van der Waals surface area contributed by atoms with E-state index in [1.54, 1.807) is 0 Å². The highest BCUT2D eigenvalue weighted by atomic mass is 16.6. The first kappa shape index (κ1) is 11.7. The molecule has 0 radical (unpaired) electrons. The van der Waals surface area contributed by atoms with E-state index < -0.39 is 5.97 Å². The van der Waals surface area contributed by atoms with Crippen molar-refractivity contribution >= 4 is 5.97 Å². The Labute approximate surface area is 88.8 Å². The number of nitrogens with one attached hydrogen (secondary N) is 1. The molecule has 0 saturated carbocycles. The van der Waals surface area contributed by atoms with Crippen LogP contribution in [0, 0.1) is 6.92 Å². The fraction of sp³-hybridized carbons (Fsp3) is 0.364. The zero-order valence-electron chi connectivity index (χ0n) is 8.86. The van der Waals surface area contributed by atoms with Crippen molar-refractivity contribution < 1.29 is 14.7 Å². The molecule has 0 aliphatic heterocycles. The zero-order chi connectivity index (χ0) is 11.3. The van der Waals surface area contributed by atoms with Crippen LogP contribution in [-0.2, 0) is 9.63 Å². The number of carboxylic acids is 1. The lowest BCUT2D eigenvalue weighted by molar-refractivity contribution is -0.138. The van der Waals surface area contributed by atoms with Gasteiger partial charge < -0.3 is 9.94 Å². The Morgan fingerprint density at radius 3 is 2.53 bits per heavy atom. The third kappa shape index (κ3) is 3.69. The van der Waals surface area contributed by atoms with Crippen LogP contribution in [0.4, 0.5) is 0 Å². The first-order chi connectivity index (χ1) is 7.13. The number of aliphatic carboxylic acids is 1. The van der Waals surface area contributed by atoms with Gasteiger partial charge in [0.25, 0.3) is 0 Å². The molecule has 1 aromatic carbocycles. The highest BCUT2D eigenvalue weighted by Crippen LogP contribution is 2.17. The molecular formula is C11H15NO3. The average Bonchev–Trinajstić information content (AvgIpc) is 2.17. The fourth-order valence-electron chi connectivity index (χ4n) is 1.34. The maximum absolute atomic E-state index is 10.6. The minimum Gasteiger partial charge on any atom is -0.481 e. The predicted molar refractivity (Wildman–Crippen MR) is 56.3 cm³/mol. The Balaban J connectivity index is 2.78. The van der Waals surface area contributed by atoms with Crippen molar-refractivity contribution in [2.45, 2.75) is 19.4 Å². The predicted octanol–water partition coefficient (Wildman–Crippen LogP) is 1.66. The summed E-state index contributed by atoms with van der Waals surface area (Å²) in [7, 11) is 1.48. The summed E-state index contributed by atoms with van der Waals surface area (Å²) in [6.07, 6.45) is -0.00307. The molecule has 15 heavy (non-hydrogen) atoms. The summed E-state index contributed by atoms with van der Waals surface area (Å²) < 4.78 is 0. The molecule has 1 aromatic rings. The lowest BCUT2D eigenvalue weighted by atomic mass is 10.0. The largest absolute Gasteiger partial charge is 0.481 e. The van der Waals surface area contributed by atoms with Gasteiger partial charge in [0.1, 0.15) is 0 Å². The maximum Gasteiger partial charge on any atom is 0.305 e. The smallest absolute Gasteiger partial charge is 0.305 e. The highest BCUT2D eigenvalue weighted by molar-refractivity contribution is 5.67. The van der Waals surface area contributed by atoms with Crippen molar-refractivity contribution in [2.75, 3.05) is 7.11 Å². The first-order valence-corrected chi connectivity index (χ1v) is 4.70. The van der Waals surface area contributed by atoms with Gasteiger partial charge in [-0.3, -0.25) is 4.79 Å². The number of carboxylic acid groups (broad SMARTS) is 1. The molecule has 0 fully saturated rings. The second-order valence-electron chi connectivity index (χ2n) is 3.38. The van der Waals surface area contributed by atoms with Crippen LogP contribution in [0.25, 0.3) is 0 Å². The van der Waals surface area contributed by atoms with Crippen LogP contribution in [0.2, 0.25) is 0 Å². The van der Waals surface area contributed by atoms with E-state index in [0.29, 0.717) is 0 Å². The van der Waals surface area contributed by atoms with Gasteiger partial charge in [0.2, 0.25) is 0 Å². The summed E-state index contributed by atoms with van der Waals surface area (Å²) in [5.41, 5.74) is 4.72. The Morgan fingerprint density at radius 2 is 2.07 bits per heavy atom. The van der Waals surface area contributed by atoms with Crippen molar-refractivity contribution in [2.24, 2.45) is 0 Å². The van der Waals surface area contributed by atoms with Crippen LogP contribution in [-0.4, -0.2) is 18.2 Å². The van der Waals surface area contributed by atoms with Crippen LogP contribution in [0.15, 0.2) is 24.3 Å². The molecule has 0 amide bonds. The molecule has 0 bridgehead atoms. The fourth-order valence-corrected chi connectivity index (χ4v) is 1.34. The standard InChI is InChI=1S/C11H15NO3/c1-8-3-5-9(6-4-8)10(12-15-2)7-11(13)14/h3-6,10,12H,7H2,1-2H3,(H,13,14). The molecule has 0 spiro atoms. The van der Waals surface area contributed by atoms with Crippen molar-refractivity contribution in [3.05, 3.63) is 35.4 Å². The second-order valence-corrected chi connectivity index (χ2v) is 3.38. The van der Waals surface area contributed by atoms with Gasteiger partial charge in [0.05, 0.1) is 19.6 Å². The molecule has 4 nitrogen and oxygen atoms in total. The molecule has 1 unspecified atom stereocenters. The van der Waals surface area contributed by atoms with E-state index in [9.17, 15) is 4.79 Å². The molecule has 4 heteroatoms. The minimum absolute atomic E-state index is 0.00307. The molecule has 82 valence electrons. The van der Waals surface area contributed by atoms with Gasteiger partial charge in [-0.1, -0.05) is 29.8 Å². The van der Waals surface area contributed by atoms with Crippen molar-refractivity contribution in [1.82, 2.24) is 5.48 Å². The van der Waals surface area contributed by atoms with Crippen LogP contribution in [0.1, 0.15) is 23.6 Å². The molecule has 1 rings (SSSR count). The summed E-state index contributed by atoms with van der Waals surface area (Å²) >= 11 is 0.